The lowest BCUT2D eigenvalue weighted by atomic mass is 9.83. The van der Waals surface area contributed by atoms with Gasteiger partial charge in [-0.25, -0.2) is 0 Å². The van der Waals surface area contributed by atoms with Gasteiger partial charge in [0.15, 0.2) is 0 Å². The minimum Gasteiger partial charge on any atom is -0.371 e. The number of hydrogen-bond donors (Lipinski definition) is 0. The summed E-state index contributed by atoms with van der Waals surface area (Å²) in [5.74, 6) is 2.16. The molecule has 1 aliphatic carbocycles. The topological polar surface area (TPSA) is 25.4 Å². The van der Waals surface area contributed by atoms with E-state index in [2.05, 4.69) is 21.6 Å². The summed E-state index contributed by atoms with van der Waals surface area (Å²) in [5, 5.41) is 0. The molecule has 2 saturated heterocycles. The average Bonchev–Trinajstić information content (AvgIpc) is 2.85. The molecular weight excluding hydrogens is 280 g/mol. The summed E-state index contributed by atoms with van der Waals surface area (Å²) in [4.78, 5) is 7.00. The van der Waals surface area contributed by atoms with Gasteiger partial charge in [-0.05, 0) is 37.3 Å². The van der Waals surface area contributed by atoms with Gasteiger partial charge in [-0.15, -0.1) is 11.8 Å². The van der Waals surface area contributed by atoms with Crippen LogP contribution in [0.25, 0.3) is 0 Å². The molecule has 0 aromatic carbocycles. The van der Waals surface area contributed by atoms with Crippen molar-refractivity contribution in [2.75, 3.05) is 25.4 Å². The van der Waals surface area contributed by atoms with Gasteiger partial charge < -0.3 is 9.64 Å². The summed E-state index contributed by atoms with van der Waals surface area (Å²) in [6.45, 7) is 4.59. The first-order valence-electron chi connectivity index (χ1n) is 8.19. The van der Waals surface area contributed by atoms with E-state index in [1.54, 1.807) is 0 Å². The lowest BCUT2D eigenvalue weighted by Crippen LogP contribution is -2.60. The highest BCUT2D eigenvalue weighted by molar-refractivity contribution is 8.01. The van der Waals surface area contributed by atoms with Crippen LogP contribution < -0.4 is 0 Å². The number of nitrogens with zero attached hydrogens (tertiary/aromatic N) is 2. The fourth-order valence-electron chi connectivity index (χ4n) is 3.75. The van der Waals surface area contributed by atoms with E-state index in [0.29, 0.717) is 17.5 Å². The highest BCUT2D eigenvalue weighted by atomic mass is 32.2. The van der Waals surface area contributed by atoms with E-state index in [0.717, 1.165) is 17.4 Å². The molecule has 2 aliphatic heterocycles. The molecule has 0 bridgehead atoms. The summed E-state index contributed by atoms with van der Waals surface area (Å²) in [6.07, 6.45) is 7.88. The van der Waals surface area contributed by atoms with E-state index in [4.69, 9.17) is 4.74 Å². The van der Waals surface area contributed by atoms with Crippen LogP contribution in [0, 0.1) is 5.92 Å². The highest BCUT2D eigenvalue weighted by Gasteiger charge is 2.49. The van der Waals surface area contributed by atoms with Gasteiger partial charge in [0.2, 0.25) is 0 Å². The van der Waals surface area contributed by atoms with Gasteiger partial charge in [0.05, 0.1) is 18.4 Å². The normalized spacial score (nSPS) is 28.5. The quantitative estimate of drug-likeness (QED) is 0.835. The zero-order valence-electron chi connectivity index (χ0n) is 12.5. The van der Waals surface area contributed by atoms with Crippen LogP contribution in [-0.2, 0) is 11.3 Å². The zero-order chi connectivity index (χ0) is 14.1. The molecule has 114 valence electrons. The second kappa shape index (κ2) is 5.90. The van der Waals surface area contributed by atoms with Crippen LogP contribution in [0.3, 0.4) is 0 Å². The fraction of sp³-hybridized carbons (Fsp3) is 0.706. The Labute approximate surface area is 131 Å². The van der Waals surface area contributed by atoms with Crippen molar-refractivity contribution < 1.29 is 4.74 Å². The molecule has 1 aromatic heterocycles. The highest BCUT2D eigenvalue weighted by Crippen LogP contribution is 2.46. The van der Waals surface area contributed by atoms with Crippen molar-refractivity contribution in [3.05, 3.63) is 30.1 Å². The van der Waals surface area contributed by atoms with Gasteiger partial charge in [0, 0.05) is 36.3 Å². The van der Waals surface area contributed by atoms with Gasteiger partial charge in [-0.1, -0.05) is 12.5 Å². The lowest BCUT2D eigenvalue weighted by Gasteiger charge is -2.49. The van der Waals surface area contributed by atoms with Gasteiger partial charge in [0.1, 0.15) is 0 Å². The van der Waals surface area contributed by atoms with Crippen LogP contribution in [0.4, 0.5) is 0 Å². The van der Waals surface area contributed by atoms with Crippen molar-refractivity contribution >= 4 is 11.8 Å². The zero-order valence-corrected chi connectivity index (χ0v) is 13.4. The van der Waals surface area contributed by atoms with Gasteiger partial charge >= 0.3 is 0 Å². The molecule has 3 heterocycles. The van der Waals surface area contributed by atoms with Crippen molar-refractivity contribution in [2.24, 2.45) is 5.92 Å². The Morgan fingerprint density at radius 3 is 2.95 bits per heavy atom. The standard InChI is InChI=1S/C17H24N2OS/c1-2-7-18-15(6-1)10-20-16-8-17(21-11-16)12-19(13-17)9-14-4-3-5-14/h1-2,6-7,14,16H,3-5,8-13H2/t16-/m1/s1. The smallest absolute Gasteiger partial charge is 0.0892 e. The molecule has 0 radical (unpaired) electrons. The Balaban J connectivity index is 1.21. The van der Waals surface area contributed by atoms with Crippen molar-refractivity contribution in [2.45, 2.75) is 43.1 Å². The van der Waals surface area contributed by atoms with Gasteiger partial charge in [-0.2, -0.15) is 0 Å². The van der Waals surface area contributed by atoms with Crippen molar-refractivity contribution in [1.82, 2.24) is 9.88 Å². The summed E-state index contributed by atoms with van der Waals surface area (Å²) in [7, 11) is 0. The van der Waals surface area contributed by atoms with Crippen LogP contribution in [0.2, 0.25) is 0 Å². The molecule has 0 unspecified atom stereocenters. The summed E-state index contributed by atoms with van der Waals surface area (Å²) in [5.41, 5.74) is 1.05. The molecule has 3 fully saturated rings. The molecule has 1 aromatic rings. The summed E-state index contributed by atoms with van der Waals surface area (Å²) >= 11 is 2.14. The van der Waals surface area contributed by atoms with Crippen molar-refractivity contribution in [3.63, 3.8) is 0 Å². The maximum atomic E-state index is 6.07. The van der Waals surface area contributed by atoms with Gasteiger partial charge in [-0.3, -0.25) is 4.98 Å². The number of hydrogen-bond acceptors (Lipinski definition) is 4. The first kappa shape index (κ1) is 14.0. The van der Waals surface area contributed by atoms with Crippen LogP contribution in [-0.4, -0.2) is 46.1 Å². The Morgan fingerprint density at radius 2 is 2.24 bits per heavy atom. The van der Waals surface area contributed by atoms with Crippen LogP contribution >= 0.6 is 11.8 Å². The molecule has 1 saturated carbocycles. The van der Waals surface area contributed by atoms with E-state index in [-0.39, 0.29) is 0 Å². The fourth-order valence-corrected chi connectivity index (χ4v) is 5.36. The third-order valence-corrected chi connectivity index (χ3v) is 6.71. The summed E-state index contributed by atoms with van der Waals surface area (Å²) < 4.78 is 6.58. The maximum absolute atomic E-state index is 6.07. The molecular formula is C17H24N2OS. The molecule has 21 heavy (non-hydrogen) atoms. The molecule has 1 atom stereocenters. The first-order valence-corrected chi connectivity index (χ1v) is 9.18. The monoisotopic (exact) mass is 304 g/mol. The number of thioether (sulfide) groups is 1. The second-order valence-electron chi connectivity index (χ2n) is 6.92. The second-order valence-corrected chi connectivity index (χ2v) is 8.41. The minimum absolute atomic E-state index is 0.419. The minimum atomic E-state index is 0.419. The predicted molar refractivity (Wildman–Crippen MR) is 86.4 cm³/mol. The Morgan fingerprint density at radius 1 is 1.33 bits per heavy atom. The predicted octanol–water partition coefficient (Wildman–Crippen LogP) is 2.96. The van der Waals surface area contributed by atoms with E-state index in [1.165, 1.54) is 45.3 Å². The third-order valence-electron chi connectivity index (χ3n) is 5.13. The van der Waals surface area contributed by atoms with E-state index in [1.807, 2.05) is 24.4 Å². The molecule has 3 nitrogen and oxygen atoms in total. The molecule has 3 aliphatic rings. The van der Waals surface area contributed by atoms with Crippen molar-refractivity contribution in [1.29, 1.82) is 0 Å². The maximum Gasteiger partial charge on any atom is 0.0892 e. The molecule has 0 amide bonds. The number of rotatable bonds is 5. The van der Waals surface area contributed by atoms with E-state index in [9.17, 15) is 0 Å². The number of aromatic nitrogens is 1. The molecule has 4 heteroatoms. The SMILES string of the molecule is c1ccc(CO[C@H]2CSC3(C2)CN(CC2CCC2)C3)nc1. The molecule has 4 rings (SSSR count). The molecule has 1 spiro atoms. The van der Waals surface area contributed by atoms with E-state index >= 15 is 0 Å². The first-order chi connectivity index (χ1) is 10.3. The van der Waals surface area contributed by atoms with Crippen molar-refractivity contribution in [3.8, 4) is 0 Å². The number of ether oxygens (including phenoxy) is 1. The molecule has 0 N–H and O–H groups in total. The third kappa shape index (κ3) is 3.13. The largest absolute Gasteiger partial charge is 0.371 e. The van der Waals surface area contributed by atoms with Gasteiger partial charge in [0.25, 0.3) is 0 Å². The Hall–Kier alpha value is -0.580. The average molecular weight is 304 g/mol. The summed E-state index contributed by atoms with van der Waals surface area (Å²) in [6, 6.07) is 6.03. The number of pyridine rings is 1. The Bertz CT molecular complexity index is 471. The lowest BCUT2D eigenvalue weighted by molar-refractivity contribution is 0.0198. The van der Waals surface area contributed by atoms with Crippen LogP contribution in [0.5, 0.6) is 0 Å². The number of likely N-dealkylation sites (tertiary alicyclic amines) is 1. The Kier molecular flexibility index (Phi) is 3.94. The van der Waals surface area contributed by atoms with E-state index < -0.39 is 0 Å². The van der Waals surface area contributed by atoms with Crippen LogP contribution in [0.1, 0.15) is 31.4 Å². The van der Waals surface area contributed by atoms with Crippen LogP contribution in [0.15, 0.2) is 24.4 Å².